The van der Waals surface area contributed by atoms with Crippen LogP contribution in [-0.2, 0) is 33.2 Å². The van der Waals surface area contributed by atoms with Gasteiger partial charge >= 0.3 is 0 Å². The molecule has 7 nitrogen and oxygen atoms in total. The van der Waals surface area contributed by atoms with Crippen molar-refractivity contribution >= 4 is 0 Å². The Morgan fingerprint density at radius 2 is 1.45 bits per heavy atom. The monoisotopic (exact) mass is 318 g/mol. The van der Waals surface area contributed by atoms with Crippen LogP contribution in [0.4, 0.5) is 0 Å². The van der Waals surface area contributed by atoms with Crippen molar-refractivity contribution in [3.05, 3.63) is 0 Å². The first-order valence-electron chi connectivity index (χ1n) is 8.12. The number of rotatable bonds is 14. The van der Waals surface area contributed by atoms with Gasteiger partial charge in [0.05, 0.1) is 46.2 Å². The fraction of sp³-hybridized carbons (Fsp3) is 1.00. The minimum atomic E-state index is -0.442. The quantitative estimate of drug-likeness (QED) is 0.338. The largest absolute Gasteiger partial charge is 0.376 e. The molecule has 3 saturated heterocycles. The first-order valence-corrected chi connectivity index (χ1v) is 8.12. The lowest BCUT2D eigenvalue weighted by Gasteiger charge is -2.27. The Bertz CT molecular complexity index is 315. The summed E-state index contributed by atoms with van der Waals surface area (Å²) in [4.78, 5) is 0. The Morgan fingerprint density at radius 3 is 2.05 bits per heavy atom. The second-order valence-electron chi connectivity index (χ2n) is 5.85. The molecule has 0 amide bonds. The van der Waals surface area contributed by atoms with E-state index < -0.39 is 6.29 Å². The van der Waals surface area contributed by atoms with Gasteiger partial charge in [-0.25, -0.2) is 0 Å². The Morgan fingerprint density at radius 1 is 0.864 bits per heavy atom. The standard InChI is InChI=1S/C15H26O7/c1-2-3-17-15(22-9-13-7-20-13)14(21-8-12-6-19-12)10-16-4-11-5-18-11/h11-15H,2-10H2,1H3. The molecule has 0 radical (unpaired) electrons. The van der Waals surface area contributed by atoms with Crippen molar-refractivity contribution in [2.45, 2.75) is 44.1 Å². The molecule has 0 bridgehead atoms. The summed E-state index contributed by atoms with van der Waals surface area (Å²) in [6, 6.07) is 0. The van der Waals surface area contributed by atoms with Crippen LogP contribution in [0.1, 0.15) is 13.3 Å². The summed E-state index contributed by atoms with van der Waals surface area (Å²) in [5, 5.41) is 0. The molecule has 0 aliphatic carbocycles. The summed E-state index contributed by atoms with van der Waals surface area (Å²) in [5.41, 5.74) is 0. The van der Waals surface area contributed by atoms with Gasteiger partial charge in [-0.3, -0.25) is 0 Å². The van der Waals surface area contributed by atoms with Crippen molar-refractivity contribution in [3.63, 3.8) is 0 Å². The summed E-state index contributed by atoms with van der Waals surface area (Å²) in [7, 11) is 0. The lowest BCUT2D eigenvalue weighted by atomic mass is 10.3. The molecule has 0 saturated carbocycles. The number of hydrogen-bond acceptors (Lipinski definition) is 7. The van der Waals surface area contributed by atoms with Crippen LogP contribution in [0.25, 0.3) is 0 Å². The highest BCUT2D eigenvalue weighted by Gasteiger charge is 2.32. The van der Waals surface area contributed by atoms with E-state index in [1.54, 1.807) is 0 Å². The zero-order chi connectivity index (χ0) is 15.2. The normalized spacial score (nSPS) is 31.8. The highest BCUT2D eigenvalue weighted by atomic mass is 16.7. The van der Waals surface area contributed by atoms with Crippen LogP contribution in [0.2, 0.25) is 0 Å². The summed E-state index contributed by atoms with van der Waals surface area (Å²) in [5.74, 6) is 0. The molecule has 3 fully saturated rings. The van der Waals surface area contributed by atoms with Crippen LogP contribution in [0.3, 0.4) is 0 Å². The second kappa shape index (κ2) is 8.54. The number of epoxide rings is 3. The van der Waals surface area contributed by atoms with E-state index in [9.17, 15) is 0 Å². The molecule has 7 heteroatoms. The number of ether oxygens (including phenoxy) is 7. The van der Waals surface area contributed by atoms with E-state index in [-0.39, 0.29) is 24.4 Å². The zero-order valence-electron chi connectivity index (χ0n) is 13.1. The van der Waals surface area contributed by atoms with Gasteiger partial charge in [-0.2, -0.15) is 0 Å². The Balaban J connectivity index is 1.45. The highest BCUT2D eigenvalue weighted by molar-refractivity contribution is 4.74. The van der Waals surface area contributed by atoms with Crippen molar-refractivity contribution in [3.8, 4) is 0 Å². The molecule has 0 aromatic carbocycles. The molecule has 22 heavy (non-hydrogen) atoms. The van der Waals surface area contributed by atoms with Crippen molar-refractivity contribution in [1.82, 2.24) is 0 Å². The minimum absolute atomic E-state index is 0.195. The van der Waals surface area contributed by atoms with Gasteiger partial charge in [0.2, 0.25) is 0 Å². The van der Waals surface area contributed by atoms with Gasteiger partial charge in [0.15, 0.2) is 6.29 Å². The van der Waals surface area contributed by atoms with Gasteiger partial charge in [0.1, 0.15) is 24.4 Å². The molecule has 5 atom stereocenters. The van der Waals surface area contributed by atoms with Crippen molar-refractivity contribution in [2.75, 3.05) is 52.9 Å². The van der Waals surface area contributed by atoms with Crippen LogP contribution in [-0.4, -0.2) is 83.6 Å². The van der Waals surface area contributed by atoms with Crippen LogP contribution >= 0.6 is 0 Å². The first kappa shape index (κ1) is 16.6. The summed E-state index contributed by atoms with van der Waals surface area (Å²) < 4.78 is 38.7. The van der Waals surface area contributed by atoms with E-state index in [1.165, 1.54) is 0 Å². The summed E-state index contributed by atoms with van der Waals surface area (Å²) in [6.07, 6.45) is 0.850. The van der Waals surface area contributed by atoms with Crippen molar-refractivity contribution < 1.29 is 33.2 Å². The zero-order valence-corrected chi connectivity index (χ0v) is 13.1. The van der Waals surface area contributed by atoms with E-state index in [4.69, 9.17) is 33.2 Å². The van der Waals surface area contributed by atoms with Gasteiger partial charge in [-0.05, 0) is 6.42 Å². The van der Waals surface area contributed by atoms with Gasteiger partial charge in [0.25, 0.3) is 0 Å². The van der Waals surface area contributed by atoms with E-state index in [1.807, 2.05) is 0 Å². The highest BCUT2D eigenvalue weighted by Crippen LogP contribution is 2.17. The molecular formula is C15H26O7. The SMILES string of the molecule is CCCOC(OCC1CO1)C(COCC1CO1)OCC1CO1. The smallest absolute Gasteiger partial charge is 0.186 e. The lowest BCUT2D eigenvalue weighted by Crippen LogP contribution is -2.40. The molecule has 0 N–H and O–H groups in total. The maximum absolute atomic E-state index is 5.90. The Kier molecular flexibility index (Phi) is 6.43. The predicted octanol–water partition coefficient (Wildman–Crippen LogP) is 0.354. The fourth-order valence-electron chi connectivity index (χ4n) is 1.94. The van der Waals surface area contributed by atoms with E-state index in [0.29, 0.717) is 33.0 Å². The lowest BCUT2D eigenvalue weighted by molar-refractivity contribution is -0.221. The average molecular weight is 318 g/mol. The molecular weight excluding hydrogens is 292 g/mol. The van der Waals surface area contributed by atoms with Crippen LogP contribution in [0, 0.1) is 0 Å². The third kappa shape index (κ3) is 6.45. The van der Waals surface area contributed by atoms with Gasteiger partial charge in [-0.15, -0.1) is 0 Å². The maximum Gasteiger partial charge on any atom is 0.186 e. The molecule has 0 spiro atoms. The molecule has 3 aliphatic heterocycles. The van der Waals surface area contributed by atoms with Crippen molar-refractivity contribution in [2.24, 2.45) is 0 Å². The van der Waals surface area contributed by atoms with Gasteiger partial charge < -0.3 is 33.2 Å². The van der Waals surface area contributed by atoms with Crippen LogP contribution in [0.5, 0.6) is 0 Å². The topological polar surface area (TPSA) is 74.5 Å². The van der Waals surface area contributed by atoms with Crippen molar-refractivity contribution in [1.29, 1.82) is 0 Å². The summed E-state index contributed by atoms with van der Waals surface area (Å²) in [6.45, 7) is 7.09. The number of hydrogen-bond donors (Lipinski definition) is 0. The third-order valence-electron chi connectivity index (χ3n) is 3.53. The summed E-state index contributed by atoms with van der Waals surface area (Å²) >= 11 is 0. The molecule has 5 unspecified atom stereocenters. The van der Waals surface area contributed by atoms with Crippen LogP contribution in [0.15, 0.2) is 0 Å². The van der Waals surface area contributed by atoms with Gasteiger partial charge in [-0.1, -0.05) is 6.92 Å². The average Bonchev–Trinajstić information content (AvgIpc) is 3.39. The molecule has 0 aromatic rings. The molecule has 3 heterocycles. The Hall–Kier alpha value is -0.280. The Labute approximate surface area is 131 Å². The molecule has 128 valence electrons. The second-order valence-corrected chi connectivity index (χ2v) is 5.85. The first-order chi connectivity index (χ1) is 10.8. The maximum atomic E-state index is 5.90. The predicted molar refractivity (Wildman–Crippen MR) is 75.8 cm³/mol. The van der Waals surface area contributed by atoms with E-state index in [0.717, 1.165) is 26.2 Å². The third-order valence-corrected chi connectivity index (χ3v) is 3.53. The minimum Gasteiger partial charge on any atom is -0.376 e. The molecule has 0 aromatic heterocycles. The van der Waals surface area contributed by atoms with E-state index >= 15 is 0 Å². The van der Waals surface area contributed by atoms with Crippen LogP contribution < -0.4 is 0 Å². The molecule has 3 aliphatic rings. The van der Waals surface area contributed by atoms with E-state index in [2.05, 4.69) is 6.92 Å². The van der Waals surface area contributed by atoms with Gasteiger partial charge in [0, 0.05) is 6.61 Å². The fourth-order valence-corrected chi connectivity index (χ4v) is 1.94. The molecule has 3 rings (SSSR count).